The lowest BCUT2D eigenvalue weighted by molar-refractivity contribution is -0.138. The van der Waals surface area contributed by atoms with E-state index in [0.29, 0.717) is 16.2 Å². The molecule has 0 aromatic heterocycles. The summed E-state index contributed by atoms with van der Waals surface area (Å²) in [6.07, 6.45) is -3.05. The molecular formula is C15H15ClF3NO2S. The number of halogens is 4. The summed E-state index contributed by atoms with van der Waals surface area (Å²) < 4.78 is 42.6. The van der Waals surface area contributed by atoms with Crippen molar-refractivity contribution in [3.63, 3.8) is 0 Å². The van der Waals surface area contributed by atoms with Crippen LogP contribution in [0.5, 0.6) is 0 Å². The highest BCUT2D eigenvalue weighted by Crippen LogP contribution is 2.34. The van der Waals surface area contributed by atoms with E-state index in [9.17, 15) is 18.0 Å². The molecule has 0 fully saturated rings. The molecule has 0 amide bonds. The molecule has 8 heteroatoms. The van der Waals surface area contributed by atoms with E-state index < -0.39 is 17.7 Å². The molecule has 3 nitrogen and oxygen atoms in total. The SMILES string of the molecule is CCOC(=O)C=C(C)NC(=S)Cc1ccc(C(F)(F)F)c(Cl)c1. The highest BCUT2D eigenvalue weighted by Gasteiger charge is 2.32. The van der Waals surface area contributed by atoms with E-state index in [2.05, 4.69) is 5.32 Å². The number of nitrogens with one attached hydrogen (secondary N) is 1. The molecule has 0 heterocycles. The number of rotatable bonds is 5. The maximum absolute atomic E-state index is 12.6. The largest absolute Gasteiger partial charge is 0.463 e. The van der Waals surface area contributed by atoms with Crippen LogP contribution in [0.15, 0.2) is 30.0 Å². The number of benzene rings is 1. The second-order valence-corrected chi connectivity index (χ2v) is 5.52. The molecule has 126 valence electrons. The molecule has 1 aromatic rings. The van der Waals surface area contributed by atoms with Crippen molar-refractivity contribution in [1.82, 2.24) is 5.32 Å². The molecule has 0 bridgehead atoms. The van der Waals surface area contributed by atoms with Crippen molar-refractivity contribution >= 4 is 34.8 Å². The monoisotopic (exact) mass is 365 g/mol. The van der Waals surface area contributed by atoms with Crippen molar-refractivity contribution in [2.24, 2.45) is 0 Å². The molecule has 0 aliphatic rings. The summed E-state index contributed by atoms with van der Waals surface area (Å²) in [5, 5.41) is 2.43. The van der Waals surface area contributed by atoms with Gasteiger partial charge in [0.25, 0.3) is 0 Å². The number of hydrogen-bond donors (Lipinski definition) is 1. The molecule has 0 radical (unpaired) electrons. The second-order valence-electron chi connectivity index (χ2n) is 4.62. The van der Waals surface area contributed by atoms with Gasteiger partial charge in [-0.05, 0) is 31.5 Å². The summed E-state index contributed by atoms with van der Waals surface area (Å²) in [6.45, 7) is 3.58. The summed E-state index contributed by atoms with van der Waals surface area (Å²) >= 11 is 10.8. The molecule has 1 N–H and O–H groups in total. The van der Waals surface area contributed by atoms with Crippen molar-refractivity contribution in [1.29, 1.82) is 0 Å². The molecule has 0 aliphatic heterocycles. The Morgan fingerprint density at radius 2 is 2.09 bits per heavy atom. The topological polar surface area (TPSA) is 38.3 Å². The second kappa shape index (κ2) is 8.31. The lowest BCUT2D eigenvalue weighted by Gasteiger charge is -2.12. The first kappa shape index (κ1) is 19.4. The first-order chi connectivity index (χ1) is 10.6. The third-order valence-corrected chi connectivity index (χ3v) is 3.22. The Kier molecular flexibility index (Phi) is 7.02. The molecule has 0 aliphatic carbocycles. The predicted molar refractivity (Wildman–Crippen MR) is 86.3 cm³/mol. The minimum Gasteiger partial charge on any atom is -0.463 e. The highest BCUT2D eigenvalue weighted by molar-refractivity contribution is 7.80. The third-order valence-electron chi connectivity index (χ3n) is 2.66. The van der Waals surface area contributed by atoms with Crippen LogP contribution in [0.3, 0.4) is 0 Å². The van der Waals surface area contributed by atoms with Crippen molar-refractivity contribution in [3.05, 3.63) is 46.1 Å². The van der Waals surface area contributed by atoms with Gasteiger partial charge < -0.3 is 10.1 Å². The van der Waals surface area contributed by atoms with Crippen LogP contribution < -0.4 is 5.32 Å². The number of carbonyl (C=O) groups is 1. The fraction of sp³-hybridized carbons (Fsp3) is 0.333. The van der Waals surface area contributed by atoms with Crippen LogP contribution in [0.1, 0.15) is 25.0 Å². The number of thiocarbonyl (C=S) groups is 1. The van der Waals surface area contributed by atoms with E-state index in [1.165, 1.54) is 18.2 Å². The molecule has 0 saturated carbocycles. The number of esters is 1. The summed E-state index contributed by atoms with van der Waals surface area (Å²) in [6, 6.07) is 3.46. The Bertz CT molecular complexity index is 630. The van der Waals surface area contributed by atoms with Crippen LogP contribution in [-0.4, -0.2) is 17.6 Å². The Hall–Kier alpha value is -1.60. The van der Waals surface area contributed by atoms with E-state index in [4.69, 9.17) is 28.6 Å². The van der Waals surface area contributed by atoms with Crippen LogP contribution >= 0.6 is 23.8 Å². The Morgan fingerprint density at radius 3 is 2.61 bits per heavy atom. The molecule has 0 spiro atoms. The molecule has 1 aromatic carbocycles. The molecule has 0 unspecified atom stereocenters. The van der Waals surface area contributed by atoms with Gasteiger partial charge in [0, 0.05) is 18.2 Å². The minimum atomic E-state index is -4.49. The van der Waals surface area contributed by atoms with Gasteiger partial charge in [-0.15, -0.1) is 0 Å². The zero-order valence-corrected chi connectivity index (χ0v) is 14.0. The van der Waals surface area contributed by atoms with Crippen molar-refractivity contribution in [2.45, 2.75) is 26.4 Å². The first-order valence-corrected chi connectivity index (χ1v) is 7.42. The Labute approximate surface area is 142 Å². The number of carbonyl (C=O) groups excluding carboxylic acids is 1. The lowest BCUT2D eigenvalue weighted by Crippen LogP contribution is -2.22. The van der Waals surface area contributed by atoms with Gasteiger partial charge in [0.15, 0.2) is 0 Å². The number of allylic oxidation sites excluding steroid dienone is 1. The van der Waals surface area contributed by atoms with Gasteiger partial charge in [0.1, 0.15) is 0 Å². The van der Waals surface area contributed by atoms with Gasteiger partial charge in [0.05, 0.1) is 22.2 Å². The van der Waals surface area contributed by atoms with Crippen LogP contribution in [0.4, 0.5) is 13.2 Å². The van der Waals surface area contributed by atoms with Gasteiger partial charge in [-0.2, -0.15) is 13.2 Å². The summed E-state index contributed by atoms with van der Waals surface area (Å²) in [4.78, 5) is 11.6. The van der Waals surface area contributed by atoms with Gasteiger partial charge >= 0.3 is 12.1 Å². The lowest BCUT2D eigenvalue weighted by atomic mass is 10.1. The molecule has 0 saturated heterocycles. The first-order valence-electron chi connectivity index (χ1n) is 6.64. The summed E-state index contributed by atoms with van der Waals surface area (Å²) in [5.74, 6) is -0.502. The number of ether oxygens (including phenoxy) is 1. The fourth-order valence-electron chi connectivity index (χ4n) is 1.74. The highest BCUT2D eigenvalue weighted by atomic mass is 35.5. The molecular weight excluding hydrogens is 351 g/mol. The maximum Gasteiger partial charge on any atom is 0.417 e. The van der Waals surface area contributed by atoms with E-state index in [0.717, 1.165) is 6.07 Å². The summed E-state index contributed by atoms with van der Waals surface area (Å²) in [7, 11) is 0. The standard InChI is InChI=1S/C15H15ClF3NO2S/c1-3-22-14(21)6-9(2)20-13(23)8-10-4-5-11(12(16)7-10)15(17,18)19/h4-7H,3,8H2,1-2H3,(H,20,23). The minimum absolute atomic E-state index is 0.196. The van der Waals surface area contributed by atoms with Crippen LogP contribution in [0.25, 0.3) is 0 Å². The normalized spacial score (nSPS) is 12.0. The zero-order chi connectivity index (χ0) is 17.6. The third kappa shape index (κ3) is 6.58. The van der Waals surface area contributed by atoms with E-state index in [-0.39, 0.29) is 18.1 Å². The average Bonchev–Trinajstić information content (AvgIpc) is 2.36. The number of alkyl halides is 3. The molecule has 1 rings (SSSR count). The molecule has 0 atom stereocenters. The zero-order valence-electron chi connectivity index (χ0n) is 12.5. The Morgan fingerprint density at radius 1 is 1.43 bits per heavy atom. The van der Waals surface area contributed by atoms with Crippen molar-refractivity contribution in [3.8, 4) is 0 Å². The van der Waals surface area contributed by atoms with Gasteiger partial charge in [-0.25, -0.2) is 4.79 Å². The van der Waals surface area contributed by atoms with Gasteiger partial charge in [-0.3, -0.25) is 0 Å². The van der Waals surface area contributed by atoms with Crippen LogP contribution in [0.2, 0.25) is 5.02 Å². The fourth-order valence-corrected chi connectivity index (χ4v) is 2.38. The van der Waals surface area contributed by atoms with Gasteiger partial charge in [0.2, 0.25) is 0 Å². The maximum atomic E-state index is 12.6. The van der Waals surface area contributed by atoms with Crippen LogP contribution in [-0.2, 0) is 22.1 Å². The smallest absolute Gasteiger partial charge is 0.417 e. The summed E-state index contributed by atoms with van der Waals surface area (Å²) in [5.41, 5.74) is 0.121. The van der Waals surface area contributed by atoms with Crippen molar-refractivity contribution < 1.29 is 22.7 Å². The van der Waals surface area contributed by atoms with E-state index >= 15 is 0 Å². The van der Waals surface area contributed by atoms with E-state index in [1.807, 2.05) is 0 Å². The van der Waals surface area contributed by atoms with Crippen LogP contribution in [0, 0.1) is 0 Å². The quantitative estimate of drug-likeness (QED) is 0.480. The molecule has 23 heavy (non-hydrogen) atoms. The Balaban J connectivity index is 2.72. The number of hydrogen-bond acceptors (Lipinski definition) is 3. The predicted octanol–water partition coefficient (Wildman–Crippen LogP) is 4.29. The van der Waals surface area contributed by atoms with Gasteiger partial charge in [-0.1, -0.05) is 29.9 Å². The van der Waals surface area contributed by atoms with E-state index in [1.54, 1.807) is 13.8 Å². The average molecular weight is 366 g/mol. The van der Waals surface area contributed by atoms with Crippen molar-refractivity contribution in [2.75, 3.05) is 6.61 Å².